The van der Waals surface area contributed by atoms with Crippen molar-refractivity contribution in [3.8, 4) is 0 Å². The van der Waals surface area contributed by atoms with Crippen molar-refractivity contribution in [2.24, 2.45) is 5.73 Å². The van der Waals surface area contributed by atoms with Crippen LogP contribution in [-0.2, 0) is 4.79 Å². The number of benzene rings is 1. The van der Waals surface area contributed by atoms with Crippen LogP contribution in [-0.4, -0.2) is 32.1 Å². The van der Waals surface area contributed by atoms with Gasteiger partial charge in [-0.2, -0.15) is 0 Å². The number of amides is 1. The second-order valence-electron chi connectivity index (χ2n) is 4.96. The maximum absolute atomic E-state index is 11.4. The van der Waals surface area contributed by atoms with Gasteiger partial charge in [-0.3, -0.25) is 4.79 Å². The van der Waals surface area contributed by atoms with Gasteiger partial charge >= 0.3 is 0 Å². The van der Waals surface area contributed by atoms with Crippen molar-refractivity contribution in [1.82, 2.24) is 5.32 Å². The number of likely N-dealkylation sites (N-methyl/N-ethyl adjacent to an activating group) is 1. The number of rotatable bonds is 6. The standard InChI is InChI=1S/C14H23N3O/c1-11-6-5-7-12(10-11)17(4)9-8-14(2,16-3)13(15)18/h5-7,10,16H,8-9H2,1-4H3,(H2,15,18). The number of carbonyl (C=O) groups is 1. The Morgan fingerprint density at radius 1 is 1.50 bits per heavy atom. The zero-order valence-electron chi connectivity index (χ0n) is 11.7. The third kappa shape index (κ3) is 3.47. The number of hydrogen-bond donors (Lipinski definition) is 2. The molecule has 1 aromatic rings. The second-order valence-corrected chi connectivity index (χ2v) is 4.96. The van der Waals surface area contributed by atoms with Gasteiger partial charge in [0.1, 0.15) is 0 Å². The van der Waals surface area contributed by atoms with Crippen LogP contribution in [0.25, 0.3) is 0 Å². The van der Waals surface area contributed by atoms with Crippen molar-refractivity contribution in [1.29, 1.82) is 0 Å². The van der Waals surface area contributed by atoms with Gasteiger partial charge in [0.2, 0.25) is 5.91 Å². The molecule has 0 saturated carbocycles. The van der Waals surface area contributed by atoms with Crippen LogP contribution in [0.4, 0.5) is 5.69 Å². The van der Waals surface area contributed by atoms with Crippen LogP contribution >= 0.6 is 0 Å². The molecule has 1 rings (SSSR count). The van der Waals surface area contributed by atoms with Crippen LogP contribution in [0.15, 0.2) is 24.3 Å². The lowest BCUT2D eigenvalue weighted by Gasteiger charge is -2.29. The van der Waals surface area contributed by atoms with Gasteiger partial charge < -0.3 is 16.0 Å². The molecule has 1 atom stereocenters. The van der Waals surface area contributed by atoms with Crippen molar-refractivity contribution in [3.05, 3.63) is 29.8 Å². The van der Waals surface area contributed by atoms with E-state index in [0.717, 1.165) is 12.2 Å². The number of aryl methyl sites for hydroxylation is 1. The van der Waals surface area contributed by atoms with Gasteiger partial charge in [-0.05, 0) is 45.0 Å². The summed E-state index contributed by atoms with van der Waals surface area (Å²) in [5.74, 6) is -0.317. The molecule has 0 saturated heterocycles. The summed E-state index contributed by atoms with van der Waals surface area (Å²) in [4.78, 5) is 13.5. The minimum Gasteiger partial charge on any atom is -0.375 e. The Labute approximate surface area is 109 Å². The van der Waals surface area contributed by atoms with E-state index < -0.39 is 5.54 Å². The van der Waals surface area contributed by atoms with Crippen LogP contribution in [0.1, 0.15) is 18.9 Å². The Hall–Kier alpha value is -1.55. The van der Waals surface area contributed by atoms with Crippen LogP contribution in [0, 0.1) is 6.92 Å². The van der Waals surface area contributed by atoms with Gasteiger partial charge in [0, 0.05) is 19.3 Å². The van der Waals surface area contributed by atoms with E-state index in [4.69, 9.17) is 5.73 Å². The fourth-order valence-electron chi connectivity index (χ4n) is 1.76. The molecule has 0 radical (unpaired) electrons. The highest BCUT2D eigenvalue weighted by molar-refractivity contribution is 5.84. The molecule has 0 heterocycles. The van der Waals surface area contributed by atoms with E-state index in [1.54, 1.807) is 7.05 Å². The van der Waals surface area contributed by atoms with Crippen molar-refractivity contribution in [3.63, 3.8) is 0 Å². The maximum atomic E-state index is 11.4. The molecule has 4 nitrogen and oxygen atoms in total. The normalized spacial score (nSPS) is 14.0. The van der Waals surface area contributed by atoms with E-state index in [1.165, 1.54) is 5.56 Å². The topological polar surface area (TPSA) is 58.4 Å². The summed E-state index contributed by atoms with van der Waals surface area (Å²) in [6.07, 6.45) is 0.670. The molecule has 0 spiro atoms. The van der Waals surface area contributed by atoms with Crippen molar-refractivity contribution < 1.29 is 4.79 Å². The lowest BCUT2D eigenvalue weighted by molar-refractivity contribution is -0.123. The molecule has 4 heteroatoms. The highest BCUT2D eigenvalue weighted by Crippen LogP contribution is 2.16. The number of primary amides is 1. The average molecular weight is 249 g/mol. The van der Waals surface area contributed by atoms with E-state index in [0.29, 0.717) is 6.42 Å². The van der Waals surface area contributed by atoms with Gasteiger partial charge in [-0.25, -0.2) is 0 Å². The predicted molar refractivity (Wildman–Crippen MR) is 75.7 cm³/mol. The van der Waals surface area contributed by atoms with Gasteiger partial charge in [0.05, 0.1) is 5.54 Å². The summed E-state index contributed by atoms with van der Waals surface area (Å²) < 4.78 is 0. The fourth-order valence-corrected chi connectivity index (χ4v) is 1.76. The van der Waals surface area contributed by atoms with Crippen LogP contribution in [0.3, 0.4) is 0 Å². The van der Waals surface area contributed by atoms with E-state index in [2.05, 4.69) is 35.3 Å². The molecule has 1 amide bonds. The summed E-state index contributed by atoms with van der Waals surface area (Å²) in [6.45, 7) is 4.67. The van der Waals surface area contributed by atoms with Crippen molar-refractivity contribution >= 4 is 11.6 Å². The summed E-state index contributed by atoms with van der Waals surface area (Å²) in [6, 6.07) is 8.29. The lowest BCUT2D eigenvalue weighted by Crippen LogP contribution is -2.53. The first-order chi connectivity index (χ1) is 8.39. The smallest absolute Gasteiger partial charge is 0.237 e. The minimum absolute atomic E-state index is 0.317. The Kier molecular flexibility index (Phi) is 4.73. The first-order valence-electron chi connectivity index (χ1n) is 6.15. The SMILES string of the molecule is CNC(C)(CCN(C)c1cccc(C)c1)C(N)=O. The third-order valence-electron chi connectivity index (χ3n) is 3.49. The highest BCUT2D eigenvalue weighted by atomic mass is 16.1. The monoisotopic (exact) mass is 249 g/mol. The molecule has 0 fully saturated rings. The largest absolute Gasteiger partial charge is 0.375 e. The summed E-state index contributed by atoms with van der Waals surface area (Å²) in [5.41, 5.74) is 7.13. The highest BCUT2D eigenvalue weighted by Gasteiger charge is 2.28. The molecule has 1 unspecified atom stereocenters. The number of carbonyl (C=O) groups excluding carboxylic acids is 1. The molecule has 0 aromatic heterocycles. The first kappa shape index (κ1) is 14.5. The molecular weight excluding hydrogens is 226 g/mol. The Morgan fingerprint density at radius 3 is 2.67 bits per heavy atom. The van der Waals surface area contributed by atoms with Crippen molar-refractivity contribution in [2.45, 2.75) is 25.8 Å². The zero-order chi connectivity index (χ0) is 13.8. The average Bonchev–Trinajstić information content (AvgIpc) is 2.35. The number of nitrogens with one attached hydrogen (secondary N) is 1. The van der Waals surface area contributed by atoms with E-state index in [1.807, 2.05) is 20.0 Å². The Morgan fingerprint density at radius 2 is 2.17 bits per heavy atom. The summed E-state index contributed by atoms with van der Waals surface area (Å²) in [7, 11) is 3.78. The van der Waals surface area contributed by atoms with Gasteiger partial charge in [0.25, 0.3) is 0 Å². The summed E-state index contributed by atoms with van der Waals surface area (Å²) in [5, 5.41) is 2.99. The number of nitrogens with zero attached hydrogens (tertiary/aromatic N) is 1. The number of anilines is 1. The number of hydrogen-bond acceptors (Lipinski definition) is 3. The van der Waals surface area contributed by atoms with Crippen molar-refractivity contribution in [2.75, 3.05) is 25.5 Å². The molecule has 0 aliphatic carbocycles. The molecule has 1 aromatic carbocycles. The molecule has 0 bridgehead atoms. The second kappa shape index (κ2) is 5.87. The fraction of sp³-hybridized carbons (Fsp3) is 0.500. The quantitative estimate of drug-likeness (QED) is 0.798. The molecule has 3 N–H and O–H groups in total. The molecule has 18 heavy (non-hydrogen) atoms. The number of nitrogens with two attached hydrogens (primary N) is 1. The van der Waals surface area contributed by atoms with Gasteiger partial charge in [-0.1, -0.05) is 12.1 Å². The van der Waals surface area contributed by atoms with Crippen LogP contribution in [0.5, 0.6) is 0 Å². The van der Waals surface area contributed by atoms with Gasteiger partial charge in [0.15, 0.2) is 0 Å². The lowest BCUT2D eigenvalue weighted by atomic mass is 9.97. The van der Waals surface area contributed by atoms with Crippen LogP contribution in [0.2, 0.25) is 0 Å². The molecular formula is C14H23N3O. The summed E-state index contributed by atoms with van der Waals surface area (Å²) >= 11 is 0. The Balaban J connectivity index is 2.66. The zero-order valence-corrected chi connectivity index (χ0v) is 11.7. The molecule has 0 aliphatic heterocycles. The predicted octanol–water partition coefficient (Wildman–Crippen LogP) is 1.28. The van der Waals surface area contributed by atoms with Crippen LogP contribution < -0.4 is 16.0 Å². The van der Waals surface area contributed by atoms with E-state index >= 15 is 0 Å². The molecule has 100 valence electrons. The molecule has 0 aliphatic rings. The Bertz CT molecular complexity index is 419. The van der Waals surface area contributed by atoms with E-state index in [-0.39, 0.29) is 5.91 Å². The maximum Gasteiger partial charge on any atom is 0.237 e. The minimum atomic E-state index is -0.655. The third-order valence-corrected chi connectivity index (χ3v) is 3.49. The first-order valence-corrected chi connectivity index (χ1v) is 6.15. The van der Waals surface area contributed by atoms with E-state index in [9.17, 15) is 4.79 Å². The van der Waals surface area contributed by atoms with Gasteiger partial charge in [-0.15, -0.1) is 0 Å².